The Bertz CT molecular complexity index is 2160. The van der Waals surface area contributed by atoms with Crippen molar-refractivity contribution in [1.29, 1.82) is 0 Å². The van der Waals surface area contributed by atoms with Gasteiger partial charge < -0.3 is 15.0 Å². The van der Waals surface area contributed by atoms with Crippen LogP contribution in [-0.2, 0) is 17.6 Å². The molecule has 7 rings (SSSR count). The summed E-state index contributed by atoms with van der Waals surface area (Å²) in [6, 6.07) is 23.4. The summed E-state index contributed by atoms with van der Waals surface area (Å²) in [5.74, 6) is -2.55. The van der Waals surface area contributed by atoms with Crippen LogP contribution in [0, 0.1) is 5.82 Å². The van der Waals surface area contributed by atoms with E-state index in [-0.39, 0.29) is 40.7 Å². The topological polar surface area (TPSA) is 121 Å². The number of H-pyrrole nitrogens is 1. The molecule has 1 aliphatic heterocycles. The van der Waals surface area contributed by atoms with Crippen LogP contribution in [-0.4, -0.2) is 54.2 Å². The number of ketones is 1. The number of fused-ring (bicyclic) bond motifs is 2. The van der Waals surface area contributed by atoms with E-state index in [2.05, 4.69) is 15.3 Å². The summed E-state index contributed by atoms with van der Waals surface area (Å²) in [4.78, 5) is 44.4. The predicted octanol–water partition coefficient (Wildman–Crippen LogP) is 6.46. The molecular formula is C35H25ClFN5O4. The van der Waals surface area contributed by atoms with Crippen molar-refractivity contribution in [2.24, 2.45) is 0 Å². The summed E-state index contributed by atoms with van der Waals surface area (Å²) in [7, 11) is 0. The van der Waals surface area contributed by atoms with Crippen LogP contribution in [0.3, 0.4) is 0 Å². The van der Waals surface area contributed by atoms with Crippen LogP contribution in [0.5, 0.6) is 0 Å². The molecule has 0 aliphatic carbocycles. The zero-order valence-electron chi connectivity index (χ0n) is 24.2. The van der Waals surface area contributed by atoms with E-state index in [1.807, 2.05) is 48.7 Å². The van der Waals surface area contributed by atoms with E-state index in [1.165, 1.54) is 35.4 Å². The van der Waals surface area contributed by atoms with Gasteiger partial charge in [0, 0.05) is 24.7 Å². The molecule has 0 radical (unpaired) electrons. The zero-order valence-corrected chi connectivity index (χ0v) is 24.9. The van der Waals surface area contributed by atoms with Crippen molar-refractivity contribution in [2.45, 2.75) is 18.9 Å². The fourth-order valence-corrected chi connectivity index (χ4v) is 6.33. The van der Waals surface area contributed by atoms with Crippen LogP contribution in [0.2, 0.25) is 5.02 Å². The Balaban J connectivity index is 1.29. The van der Waals surface area contributed by atoms with Crippen molar-refractivity contribution in [3.63, 3.8) is 0 Å². The number of carboxylic acid groups (broad SMARTS) is 1. The number of amides is 1. The molecule has 6 aromatic rings. The number of aromatic nitrogens is 4. The molecule has 1 amide bonds. The molecule has 0 fully saturated rings. The number of carbonyl (C=O) groups excluding carboxylic acids is 2. The van der Waals surface area contributed by atoms with Gasteiger partial charge >= 0.3 is 5.97 Å². The standard InChI is InChI=1S/C35H25ClFN5O4/c36-27-8-3-9-29(31(27)37)42-19-28(39-40-42)34(44)41-17-15-24-23(25-6-1-4-21-14-16-38-32(21)25)5-2-7-26(24)33(41)30(43)18-20-10-12-22(13-11-20)35(45)46/h1-14,16,19,33,38H,15,17-18H2,(H,45,46). The van der Waals surface area contributed by atoms with Crippen LogP contribution >= 0.6 is 11.6 Å². The predicted molar refractivity (Wildman–Crippen MR) is 170 cm³/mol. The molecule has 0 spiro atoms. The maximum atomic E-state index is 14.7. The number of halogens is 2. The van der Waals surface area contributed by atoms with Crippen LogP contribution in [0.15, 0.2) is 97.3 Å². The van der Waals surface area contributed by atoms with Crippen LogP contribution in [0.25, 0.3) is 27.7 Å². The Kier molecular flexibility index (Phi) is 7.42. The first-order chi connectivity index (χ1) is 22.3. The van der Waals surface area contributed by atoms with Crippen molar-refractivity contribution < 1.29 is 23.9 Å². The Hall–Kier alpha value is -5.61. The maximum absolute atomic E-state index is 14.7. The summed E-state index contributed by atoms with van der Waals surface area (Å²) in [5.41, 5.74) is 5.27. The fourth-order valence-electron chi connectivity index (χ4n) is 6.16. The van der Waals surface area contributed by atoms with Gasteiger partial charge in [-0.25, -0.2) is 13.9 Å². The highest BCUT2D eigenvalue weighted by Crippen LogP contribution is 2.39. The number of nitrogens with zero attached hydrogens (tertiary/aromatic N) is 4. The van der Waals surface area contributed by atoms with Gasteiger partial charge in [-0.3, -0.25) is 9.59 Å². The van der Waals surface area contributed by atoms with Crippen molar-refractivity contribution in [1.82, 2.24) is 24.9 Å². The van der Waals surface area contributed by atoms with Crippen molar-refractivity contribution in [2.75, 3.05) is 6.54 Å². The third kappa shape index (κ3) is 5.12. The smallest absolute Gasteiger partial charge is 0.335 e. The summed E-state index contributed by atoms with van der Waals surface area (Å²) < 4.78 is 15.9. The summed E-state index contributed by atoms with van der Waals surface area (Å²) in [6.45, 7) is 0.219. The lowest BCUT2D eigenvalue weighted by molar-refractivity contribution is -0.123. The number of rotatable bonds is 7. The minimum absolute atomic E-state index is 0.0311. The number of nitrogens with one attached hydrogen (secondary N) is 1. The maximum Gasteiger partial charge on any atom is 0.335 e. The summed E-state index contributed by atoms with van der Waals surface area (Å²) in [5, 5.41) is 18.3. The number of benzene rings is 4. The van der Waals surface area contributed by atoms with E-state index in [1.54, 1.807) is 18.2 Å². The van der Waals surface area contributed by atoms with E-state index in [9.17, 15) is 23.9 Å². The zero-order chi connectivity index (χ0) is 31.9. The molecule has 1 aliphatic rings. The largest absolute Gasteiger partial charge is 0.478 e. The van der Waals surface area contributed by atoms with Crippen molar-refractivity contribution >= 4 is 40.2 Å². The molecular weight excluding hydrogens is 609 g/mol. The highest BCUT2D eigenvalue weighted by Gasteiger charge is 2.38. The molecule has 11 heteroatoms. The van der Waals surface area contributed by atoms with Gasteiger partial charge in [0.2, 0.25) is 0 Å². The molecule has 1 unspecified atom stereocenters. The lowest BCUT2D eigenvalue weighted by atomic mass is 9.83. The van der Waals surface area contributed by atoms with Crippen LogP contribution < -0.4 is 0 Å². The molecule has 3 heterocycles. The number of aromatic amines is 1. The second-order valence-corrected chi connectivity index (χ2v) is 11.4. The highest BCUT2D eigenvalue weighted by atomic mass is 35.5. The molecule has 0 bridgehead atoms. The second-order valence-electron chi connectivity index (χ2n) is 11.0. The third-order valence-corrected chi connectivity index (χ3v) is 8.63. The number of hydrogen-bond acceptors (Lipinski definition) is 5. The first-order valence-electron chi connectivity index (χ1n) is 14.5. The SMILES string of the molecule is O=C(O)c1ccc(CC(=O)C2c3cccc(-c4cccc5cc[nH]c45)c3CCN2C(=O)c2cn(-c3cccc(Cl)c3F)nn2)cc1. The number of carbonyl (C=O) groups is 3. The molecule has 228 valence electrons. The normalized spacial score (nSPS) is 14.3. The van der Waals surface area contributed by atoms with E-state index in [4.69, 9.17) is 11.6 Å². The fraction of sp³-hybridized carbons (Fsp3) is 0.114. The Morgan fingerprint density at radius 3 is 2.52 bits per heavy atom. The second kappa shape index (κ2) is 11.7. The Morgan fingerprint density at radius 1 is 0.957 bits per heavy atom. The molecule has 4 aromatic carbocycles. The van der Waals surface area contributed by atoms with Crippen molar-refractivity contribution in [3.05, 3.63) is 136 Å². The lowest BCUT2D eigenvalue weighted by Crippen LogP contribution is -2.44. The number of para-hydroxylation sites is 1. The summed E-state index contributed by atoms with van der Waals surface area (Å²) >= 11 is 5.95. The minimum atomic E-state index is -1.06. The van der Waals surface area contributed by atoms with Gasteiger partial charge in [0.05, 0.1) is 22.3 Å². The van der Waals surface area contributed by atoms with Gasteiger partial charge in [-0.15, -0.1) is 5.10 Å². The monoisotopic (exact) mass is 633 g/mol. The van der Waals surface area contributed by atoms with Crippen molar-refractivity contribution in [3.8, 4) is 16.8 Å². The number of Topliss-reactive ketones (excluding diaryl/α,β-unsaturated/α-hetero) is 1. The van der Waals surface area contributed by atoms with Gasteiger partial charge in [0.25, 0.3) is 5.91 Å². The molecule has 2 aromatic heterocycles. The molecule has 9 nitrogen and oxygen atoms in total. The number of carboxylic acids is 1. The quantitative estimate of drug-likeness (QED) is 0.208. The van der Waals surface area contributed by atoms with Gasteiger partial charge in [-0.05, 0) is 64.4 Å². The number of hydrogen-bond donors (Lipinski definition) is 2. The minimum Gasteiger partial charge on any atom is -0.478 e. The first kappa shape index (κ1) is 29.1. The van der Waals surface area contributed by atoms with E-state index in [0.717, 1.165) is 32.3 Å². The molecule has 0 saturated carbocycles. The van der Waals surface area contributed by atoms with Gasteiger partial charge in [-0.1, -0.05) is 71.4 Å². The van der Waals surface area contributed by atoms with Gasteiger partial charge in [-0.2, -0.15) is 0 Å². The Labute approximate surface area is 266 Å². The lowest BCUT2D eigenvalue weighted by Gasteiger charge is -2.37. The third-order valence-electron chi connectivity index (χ3n) is 8.33. The van der Waals surface area contributed by atoms with E-state index < -0.39 is 23.7 Å². The summed E-state index contributed by atoms with van der Waals surface area (Å²) in [6.07, 6.45) is 3.64. The van der Waals surface area contributed by atoms with Crippen LogP contribution in [0.4, 0.5) is 4.39 Å². The van der Waals surface area contributed by atoms with Gasteiger partial charge in [0.1, 0.15) is 11.7 Å². The van der Waals surface area contributed by atoms with E-state index >= 15 is 0 Å². The molecule has 0 saturated heterocycles. The average Bonchev–Trinajstić information content (AvgIpc) is 3.76. The van der Waals surface area contributed by atoms with Gasteiger partial charge in [0.15, 0.2) is 17.3 Å². The Morgan fingerprint density at radius 2 is 1.72 bits per heavy atom. The number of aromatic carboxylic acids is 1. The molecule has 1 atom stereocenters. The highest BCUT2D eigenvalue weighted by molar-refractivity contribution is 6.30. The van der Waals surface area contributed by atoms with E-state index in [0.29, 0.717) is 17.5 Å². The first-order valence-corrected chi connectivity index (χ1v) is 14.9. The molecule has 46 heavy (non-hydrogen) atoms. The van der Waals surface area contributed by atoms with Crippen LogP contribution in [0.1, 0.15) is 43.6 Å². The molecule has 2 N–H and O–H groups in total. The average molecular weight is 634 g/mol.